The van der Waals surface area contributed by atoms with Crippen molar-refractivity contribution in [3.05, 3.63) is 97.1 Å². The van der Waals surface area contributed by atoms with Crippen molar-refractivity contribution < 1.29 is 23.6 Å². The number of ether oxygens (including phenoxy) is 2. The normalized spacial score (nSPS) is 14.5. The average Bonchev–Trinajstić information content (AvgIpc) is 3.10. The molecule has 0 N–H and O–H groups in total. The topological polar surface area (TPSA) is 81.9 Å². The van der Waals surface area contributed by atoms with E-state index in [1.165, 1.54) is 42.3 Å². The maximum Gasteiger partial charge on any atom is 0.271 e. The molecule has 0 spiro atoms. The Kier molecular flexibility index (Phi) is 7.48. The van der Waals surface area contributed by atoms with Gasteiger partial charge < -0.3 is 9.47 Å². The largest absolute Gasteiger partial charge is 0.493 e. The van der Waals surface area contributed by atoms with Gasteiger partial charge in [-0.2, -0.15) is 0 Å². The minimum atomic E-state index is -0.529. The standard InChI is InChI=1S/C24H16BrFN2O5S2/c1-32-20-10-15(9-19(25)22(20)33-13-14-4-2-5-16(26)8-14)11-21-23(29)27(24(34)35-21)17-6-3-7-18(12-17)28(30)31/h2-12H,13H2,1H3/b21-11-. The lowest BCUT2D eigenvalue weighted by atomic mass is 10.1. The third-order valence-electron chi connectivity index (χ3n) is 4.91. The van der Waals surface area contributed by atoms with Gasteiger partial charge in [-0.1, -0.05) is 42.2 Å². The highest BCUT2D eigenvalue weighted by Crippen LogP contribution is 2.40. The predicted octanol–water partition coefficient (Wildman–Crippen LogP) is 6.49. The molecule has 1 heterocycles. The van der Waals surface area contributed by atoms with Crippen molar-refractivity contribution in [3.8, 4) is 11.5 Å². The molecular formula is C24H16BrFN2O5S2. The summed E-state index contributed by atoms with van der Waals surface area (Å²) in [5.74, 6) is 0.103. The summed E-state index contributed by atoms with van der Waals surface area (Å²) in [6, 6.07) is 15.3. The van der Waals surface area contributed by atoms with E-state index in [9.17, 15) is 19.3 Å². The molecule has 1 amide bonds. The molecule has 0 aromatic heterocycles. The first-order chi connectivity index (χ1) is 16.8. The maximum absolute atomic E-state index is 13.4. The molecule has 0 saturated carbocycles. The number of non-ortho nitro benzene ring substituents is 1. The van der Waals surface area contributed by atoms with Gasteiger partial charge >= 0.3 is 0 Å². The van der Waals surface area contributed by atoms with Crippen molar-refractivity contribution in [1.82, 2.24) is 0 Å². The van der Waals surface area contributed by atoms with Crippen LogP contribution in [-0.2, 0) is 11.4 Å². The Hall–Kier alpha value is -3.28. The zero-order valence-electron chi connectivity index (χ0n) is 18.1. The van der Waals surface area contributed by atoms with Gasteiger partial charge in [0, 0.05) is 12.1 Å². The van der Waals surface area contributed by atoms with E-state index in [0.29, 0.717) is 37.7 Å². The second-order valence-corrected chi connectivity index (χ2v) is 9.78. The van der Waals surface area contributed by atoms with E-state index in [4.69, 9.17) is 21.7 Å². The Bertz CT molecular complexity index is 1380. The number of nitrogens with zero attached hydrogens (tertiary/aromatic N) is 2. The smallest absolute Gasteiger partial charge is 0.271 e. The maximum atomic E-state index is 13.4. The van der Waals surface area contributed by atoms with Crippen LogP contribution >= 0.6 is 39.9 Å². The molecule has 11 heteroatoms. The van der Waals surface area contributed by atoms with Crippen molar-refractivity contribution in [2.45, 2.75) is 6.61 Å². The van der Waals surface area contributed by atoms with Crippen LogP contribution in [-0.4, -0.2) is 22.3 Å². The highest BCUT2D eigenvalue weighted by molar-refractivity contribution is 9.10. The summed E-state index contributed by atoms with van der Waals surface area (Å²) in [5, 5.41) is 11.1. The van der Waals surface area contributed by atoms with Gasteiger partial charge in [0.25, 0.3) is 11.6 Å². The monoisotopic (exact) mass is 574 g/mol. The van der Waals surface area contributed by atoms with Gasteiger partial charge in [-0.15, -0.1) is 0 Å². The minimum Gasteiger partial charge on any atom is -0.493 e. The van der Waals surface area contributed by atoms with Crippen LogP contribution in [0.5, 0.6) is 11.5 Å². The molecule has 1 aliphatic heterocycles. The van der Waals surface area contributed by atoms with E-state index in [1.807, 2.05) is 0 Å². The van der Waals surface area contributed by atoms with E-state index in [0.717, 1.165) is 11.8 Å². The third-order valence-corrected chi connectivity index (χ3v) is 6.81. The summed E-state index contributed by atoms with van der Waals surface area (Å²) in [4.78, 5) is 25.3. The number of amides is 1. The van der Waals surface area contributed by atoms with Crippen molar-refractivity contribution >= 4 is 67.6 Å². The van der Waals surface area contributed by atoms with Crippen molar-refractivity contribution in [1.29, 1.82) is 0 Å². The summed E-state index contributed by atoms with van der Waals surface area (Å²) in [5.41, 5.74) is 1.49. The first-order valence-electron chi connectivity index (χ1n) is 10.0. The number of hydrogen-bond donors (Lipinski definition) is 0. The second kappa shape index (κ2) is 10.5. The Morgan fingerprint density at radius 1 is 1.20 bits per heavy atom. The second-order valence-electron chi connectivity index (χ2n) is 7.25. The molecule has 4 rings (SSSR count). The summed E-state index contributed by atoms with van der Waals surface area (Å²) >= 11 is 9.93. The average molecular weight is 575 g/mol. The lowest BCUT2D eigenvalue weighted by Gasteiger charge is -2.14. The highest BCUT2D eigenvalue weighted by Gasteiger charge is 2.34. The molecular weight excluding hydrogens is 559 g/mol. The number of hydrogen-bond acceptors (Lipinski definition) is 7. The first kappa shape index (κ1) is 24.8. The molecule has 178 valence electrons. The molecule has 1 aliphatic rings. The summed E-state index contributed by atoms with van der Waals surface area (Å²) in [6.45, 7) is 0.133. The van der Waals surface area contributed by atoms with Gasteiger partial charge in [0.05, 0.1) is 27.1 Å². The van der Waals surface area contributed by atoms with Crippen LogP contribution in [0, 0.1) is 15.9 Å². The Balaban J connectivity index is 1.59. The van der Waals surface area contributed by atoms with Gasteiger partial charge in [0.2, 0.25) is 0 Å². The first-order valence-corrected chi connectivity index (χ1v) is 12.1. The van der Waals surface area contributed by atoms with E-state index >= 15 is 0 Å². The lowest BCUT2D eigenvalue weighted by Crippen LogP contribution is -2.27. The number of thioether (sulfide) groups is 1. The van der Waals surface area contributed by atoms with Crippen LogP contribution in [0.1, 0.15) is 11.1 Å². The molecule has 0 aliphatic carbocycles. The number of thiocarbonyl (C=S) groups is 1. The molecule has 3 aromatic carbocycles. The van der Waals surface area contributed by atoms with Crippen molar-refractivity contribution in [2.24, 2.45) is 0 Å². The van der Waals surface area contributed by atoms with Crippen molar-refractivity contribution in [2.75, 3.05) is 12.0 Å². The van der Waals surface area contributed by atoms with Gasteiger partial charge in [0.1, 0.15) is 12.4 Å². The van der Waals surface area contributed by atoms with E-state index in [-0.39, 0.29) is 28.3 Å². The molecule has 7 nitrogen and oxygen atoms in total. The summed E-state index contributed by atoms with van der Waals surface area (Å²) < 4.78 is 25.6. The molecule has 1 fully saturated rings. The number of methoxy groups -OCH3 is 1. The van der Waals surface area contributed by atoms with Gasteiger partial charge in [-0.25, -0.2) is 4.39 Å². The number of benzene rings is 3. The Morgan fingerprint density at radius 2 is 1.97 bits per heavy atom. The molecule has 0 unspecified atom stereocenters. The molecule has 0 radical (unpaired) electrons. The third kappa shape index (κ3) is 5.53. The van der Waals surface area contributed by atoms with Crippen LogP contribution in [0.15, 0.2) is 70.0 Å². The zero-order chi connectivity index (χ0) is 25.1. The fourth-order valence-electron chi connectivity index (χ4n) is 3.33. The van der Waals surface area contributed by atoms with Gasteiger partial charge in [0.15, 0.2) is 15.8 Å². The summed E-state index contributed by atoms with van der Waals surface area (Å²) in [6.07, 6.45) is 1.65. The SMILES string of the molecule is COc1cc(/C=C2\SC(=S)N(c3cccc([N+](=O)[O-])c3)C2=O)cc(Br)c1OCc1cccc(F)c1. The van der Waals surface area contributed by atoms with E-state index < -0.39 is 4.92 Å². The predicted molar refractivity (Wildman–Crippen MR) is 140 cm³/mol. The number of anilines is 1. The summed E-state index contributed by atoms with van der Waals surface area (Å²) in [7, 11) is 1.49. The minimum absolute atomic E-state index is 0.133. The molecule has 0 atom stereocenters. The fraction of sp³-hybridized carbons (Fsp3) is 0.0833. The number of rotatable bonds is 7. The van der Waals surface area contributed by atoms with Crippen LogP contribution < -0.4 is 14.4 Å². The van der Waals surface area contributed by atoms with Crippen LogP contribution in [0.25, 0.3) is 6.08 Å². The zero-order valence-corrected chi connectivity index (χ0v) is 21.3. The number of halogens is 2. The fourth-order valence-corrected chi connectivity index (χ4v) is 5.21. The number of carbonyl (C=O) groups is 1. The van der Waals surface area contributed by atoms with Crippen LogP contribution in [0.4, 0.5) is 15.8 Å². The van der Waals surface area contributed by atoms with Crippen LogP contribution in [0.3, 0.4) is 0 Å². The molecule has 3 aromatic rings. The van der Waals surface area contributed by atoms with Gasteiger partial charge in [-0.3, -0.25) is 19.8 Å². The molecule has 35 heavy (non-hydrogen) atoms. The number of carbonyl (C=O) groups excluding carboxylic acids is 1. The quantitative estimate of drug-likeness (QED) is 0.138. The van der Waals surface area contributed by atoms with Crippen LogP contribution in [0.2, 0.25) is 0 Å². The van der Waals surface area contributed by atoms with Crippen molar-refractivity contribution in [3.63, 3.8) is 0 Å². The molecule has 1 saturated heterocycles. The number of nitro groups is 1. The Morgan fingerprint density at radius 3 is 2.69 bits per heavy atom. The highest BCUT2D eigenvalue weighted by atomic mass is 79.9. The van der Waals surface area contributed by atoms with E-state index in [1.54, 1.807) is 36.4 Å². The van der Waals surface area contributed by atoms with E-state index in [2.05, 4.69) is 15.9 Å². The lowest BCUT2D eigenvalue weighted by molar-refractivity contribution is -0.384. The number of nitro benzene ring substituents is 1. The molecule has 0 bridgehead atoms. The van der Waals surface area contributed by atoms with Gasteiger partial charge in [-0.05, 0) is 63.5 Å². The Labute approximate surface area is 217 Å².